The zero-order chi connectivity index (χ0) is 21.7. The summed E-state index contributed by atoms with van der Waals surface area (Å²) in [6.07, 6.45) is 2.85. The van der Waals surface area contributed by atoms with Crippen molar-refractivity contribution >= 4 is 23.4 Å². The summed E-state index contributed by atoms with van der Waals surface area (Å²) >= 11 is 0. The minimum absolute atomic E-state index is 0.131. The molecule has 3 aromatic rings. The zero-order valence-corrected chi connectivity index (χ0v) is 17.0. The zero-order valence-electron chi connectivity index (χ0n) is 17.0. The Morgan fingerprint density at radius 2 is 1.80 bits per heavy atom. The predicted molar refractivity (Wildman–Crippen MR) is 112 cm³/mol. The number of nitrogens with zero attached hydrogens (tertiary/aromatic N) is 2. The fourth-order valence-electron chi connectivity index (χ4n) is 2.68. The number of nitrogens with one attached hydrogen (secondary N) is 2. The molecule has 0 aliphatic heterocycles. The van der Waals surface area contributed by atoms with Gasteiger partial charge in [-0.2, -0.15) is 5.10 Å². The number of halogens is 1. The molecule has 8 heteroatoms. The number of ether oxygens (including phenoxy) is 1. The molecule has 0 unspecified atom stereocenters. The summed E-state index contributed by atoms with van der Waals surface area (Å²) in [5, 5.41) is 9.31. The maximum absolute atomic E-state index is 13.7. The molecule has 0 atom stereocenters. The van der Waals surface area contributed by atoms with Crippen LogP contribution < -0.4 is 10.6 Å². The largest absolute Gasteiger partial charge is 0.444 e. The topological polar surface area (TPSA) is 85.3 Å². The Kier molecular flexibility index (Phi) is 6.15. The van der Waals surface area contributed by atoms with Crippen molar-refractivity contribution in [2.24, 2.45) is 0 Å². The minimum Gasteiger partial charge on any atom is -0.444 e. The van der Waals surface area contributed by atoms with Crippen LogP contribution in [0.1, 0.15) is 36.7 Å². The molecule has 2 N–H and O–H groups in total. The fourth-order valence-corrected chi connectivity index (χ4v) is 2.68. The molecule has 1 aromatic heterocycles. The molecular weight excluding hydrogens is 387 g/mol. The normalized spacial score (nSPS) is 11.1. The van der Waals surface area contributed by atoms with Gasteiger partial charge in [0.15, 0.2) is 0 Å². The molecule has 7 nitrogen and oxygen atoms in total. The van der Waals surface area contributed by atoms with Crippen LogP contribution in [0.3, 0.4) is 0 Å². The SMILES string of the molecule is CC(C)(C)OC(=O)Nc1ccc(F)cc1NC(=O)c1ccc(Cn2cccn2)cc1. The Hall–Kier alpha value is -3.68. The number of hydrogen-bond acceptors (Lipinski definition) is 4. The smallest absolute Gasteiger partial charge is 0.412 e. The molecule has 30 heavy (non-hydrogen) atoms. The summed E-state index contributed by atoms with van der Waals surface area (Å²) in [4.78, 5) is 24.7. The summed E-state index contributed by atoms with van der Waals surface area (Å²) in [5.74, 6) is -0.979. The van der Waals surface area contributed by atoms with Gasteiger partial charge in [0.1, 0.15) is 11.4 Å². The lowest BCUT2D eigenvalue weighted by molar-refractivity contribution is 0.0635. The Morgan fingerprint density at radius 3 is 2.43 bits per heavy atom. The van der Waals surface area contributed by atoms with Crippen molar-refractivity contribution in [1.29, 1.82) is 0 Å². The highest BCUT2D eigenvalue weighted by molar-refractivity contribution is 6.06. The third-order valence-electron chi connectivity index (χ3n) is 3.99. The Morgan fingerprint density at radius 1 is 1.07 bits per heavy atom. The van der Waals surface area contributed by atoms with Gasteiger partial charge in [-0.3, -0.25) is 14.8 Å². The van der Waals surface area contributed by atoms with Gasteiger partial charge in [0, 0.05) is 18.0 Å². The van der Waals surface area contributed by atoms with E-state index in [4.69, 9.17) is 4.74 Å². The number of carbonyl (C=O) groups excluding carboxylic acids is 2. The summed E-state index contributed by atoms with van der Waals surface area (Å²) in [5.41, 5.74) is 1.05. The average Bonchev–Trinajstić information content (AvgIpc) is 3.16. The number of hydrogen-bond donors (Lipinski definition) is 2. The molecule has 3 rings (SSSR count). The van der Waals surface area contributed by atoms with Crippen LogP contribution in [0.5, 0.6) is 0 Å². The lowest BCUT2D eigenvalue weighted by Gasteiger charge is -2.20. The third kappa shape index (κ3) is 5.91. The first-order valence-electron chi connectivity index (χ1n) is 9.37. The van der Waals surface area contributed by atoms with E-state index in [2.05, 4.69) is 15.7 Å². The van der Waals surface area contributed by atoms with Crippen molar-refractivity contribution < 1.29 is 18.7 Å². The van der Waals surface area contributed by atoms with Crippen LogP contribution in [0.15, 0.2) is 60.9 Å². The molecule has 1 heterocycles. The van der Waals surface area contributed by atoms with E-state index in [0.717, 1.165) is 11.6 Å². The van der Waals surface area contributed by atoms with Crippen molar-refractivity contribution in [2.45, 2.75) is 32.9 Å². The van der Waals surface area contributed by atoms with Crippen LogP contribution >= 0.6 is 0 Å². The van der Waals surface area contributed by atoms with E-state index in [1.165, 1.54) is 12.1 Å². The average molecular weight is 410 g/mol. The van der Waals surface area contributed by atoms with E-state index < -0.39 is 23.4 Å². The lowest BCUT2D eigenvalue weighted by atomic mass is 10.1. The van der Waals surface area contributed by atoms with Crippen molar-refractivity contribution in [3.63, 3.8) is 0 Å². The highest BCUT2D eigenvalue weighted by Crippen LogP contribution is 2.24. The molecule has 0 spiro atoms. The number of rotatable bonds is 5. The molecule has 0 fully saturated rings. The number of benzene rings is 2. The summed E-state index contributed by atoms with van der Waals surface area (Å²) in [7, 11) is 0. The highest BCUT2D eigenvalue weighted by Gasteiger charge is 2.18. The monoisotopic (exact) mass is 410 g/mol. The molecule has 0 radical (unpaired) electrons. The summed E-state index contributed by atoms with van der Waals surface area (Å²) < 4.78 is 20.7. The number of aromatic nitrogens is 2. The van der Waals surface area contributed by atoms with E-state index in [1.54, 1.807) is 43.8 Å². The van der Waals surface area contributed by atoms with Crippen LogP contribution in [0.25, 0.3) is 0 Å². The fraction of sp³-hybridized carbons (Fsp3) is 0.227. The van der Waals surface area contributed by atoms with Crippen LogP contribution in [-0.4, -0.2) is 27.4 Å². The summed E-state index contributed by atoms with van der Waals surface area (Å²) in [6.45, 7) is 5.78. The second kappa shape index (κ2) is 8.77. The molecule has 2 amide bonds. The van der Waals surface area contributed by atoms with Gasteiger partial charge in [-0.1, -0.05) is 12.1 Å². The Bertz CT molecular complexity index is 1030. The maximum Gasteiger partial charge on any atom is 0.412 e. The number of anilines is 2. The van der Waals surface area contributed by atoms with Gasteiger partial charge in [0.05, 0.1) is 17.9 Å². The van der Waals surface area contributed by atoms with Gasteiger partial charge in [0.2, 0.25) is 0 Å². The second-order valence-corrected chi connectivity index (χ2v) is 7.67. The molecule has 0 saturated heterocycles. The van der Waals surface area contributed by atoms with Gasteiger partial charge in [-0.25, -0.2) is 9.18 Å². The standard InChI is InChI=1S/C22H23FN4O3/c1-22(2,3)30-21(29)26-18-10-9-17(23)13-19(18)25-20(28)16-7-5-15(6-8-16)14-27-12-4-11-24-27/h4-13H,14H2,1-3H3,(H,25,28)(H,26,29). The molecule has 0 aliphatic carbocycles. The van der Waals surface area contributed by atoms with Gasteiger partial charge >= 0.3 is 6.09 Å². The molecule has 0 bridgehead atoms. The van der Waals surface area contributed by atoms with E-state index in [9.17, 15) is 14.0 Å². The lowest BCUT2D eigenvalue weighted by Crippen LogP contribution is -2.27. The van der Waals surface area contributed by atoms with Crippen LogP contribution in [-0.2, 0) is 11.3 Å². The Labute approximate surface area is 173 Å². The Balaban J connectivity index is 1.71. The molecule has 0 aliphatic rings. The predicted octanol–water partition coefficient (Wildman–Crippen LogP) is 4.67. The quantitative estimate of drug-likeness (QED) is 0.640. The van der Waals surface area contributed by atoms with Crippen molar-refractivity contribution in [3.05, 3.63) is 77.9 Å². The van der Waals surface area contributed by atoms with Gasteiger partial charge < -0.3 is 10.1 Å². The van der Waals surface area contributed by atoms with E-state index in [-0.39, 0.29) is 11.4 Å². The van der Waals surface area contributed by atoms with Crippen LogP contribution in [0.4, 0.5) is 20.6 Å². The highest BCUT2D eigenvalue weighted by atomic mass is 19.1. The molecule has 2 aromatic carbocycles. The first-order chi connectivity index (χ1) is 14.2. The maximum atomic E-state index is 13.7. The van der Waals surface area contributed by atoms with Crippen LogP contribution in [0.2, 0.25) is 0 Å². The molecule has 156 valence electrons. The molecular formula is C22H23FN4O3. The van der Waals surface area contributed by atoms with Crippen molar-refractivity contribution in [3.8, 4) is 0 Å². The number of amides is 2. The molecule has 0 saturated carbocycles. The van der Waals surface area contributed by atoms with E-state index in [0.29, 0.717) is 12.1 Å². The van der Waals surface area contributed by atoms with Gasteiger partial charge in [-0.15, -0.1) is 0 Å². The van der Waals surface area contributed by atoms with Crippen molar-refractivity contribution in [2.75, 3.05) is 10.6 Å². The minimum atomic E-state index is -0.701. The van der Waals surface area contributed by atoms with E-state index >= 15 is 0 Å². The first kappa shape index (κ1) is 21.0. The van der Waals surface area contributed by atoms with Gasteiger partial charge in [-0.05, 0) is 62.7 Å². The van der Waals surface area contributed by atoms with Crippen molar-refractivity contribution in [1.82, 2.24) is 9.78 Å². The van der Waals surface area contributed by atoms with Gasteiger partial charge in [0.25, 0.3) is 5.91 Å². The number of carbonyl (C=O) groups is 2. The van der Waals surface area contributed by atoms with E-state index in [1.807, 2.05) is 24.4 Å². The third-order valence-corrected chi connectivity index (χ3v) is 3.99. The van der Waals surface area contributed by atoms with Crippen LogP contribution in [0, 0.1) is 5.82 Å². The first-order valence-corrected chi connectivity index (χ1v) is 9.37. The summed E-state index contributed by atoms with van der Waals surface area (Å²) in [6, 6.07) is 12.5. The second-order valence-electron chi connectivity index (χ2n) is 7.67.